The van der Waals surface area contributed by atoms with Crippen LogP contribution in [0.3, 0.4) is 0 Å². The molecule has 2 rings (SSSR count). The third-order valence-corrected chi connectivity index (χ3v) is 4.68. The Morgan fingerprint density at radius 2 is 1.65 bits per heavy atom. The summed E-state index contributed by atoms with van der Waals surface area (Å²) >= 11 is 0. The molecule has 0 saturated heterocycles. The summed E-state index contributed by atoms with van der Waals surface area (Å²) in [5, 5.41) is 3.59. The quantitative estimate of drug-likeness (QED) is 0.830. The molecular weight excluding hydrogens is 242 g/mol. The zero-order chi connectivity index (χ0) is 14.8. The molecule has 1 N–H and O–H groups in total. The predicted octanol–water partition coefficient (Wildman–Crippen LogP) is 4.55. The maximum atomic E-state index is 3.59. The Balaban J connectivity index is 1.87. The van der Waals surface area contributed by atoms with Gasteiger partial charge in [0.05, 0.1) is 0 Å². The second-order valence-electron chi connectivity index (χ2n) is 7.81. The zero-order valence-corrected chi connectivity index (χ0v) is 13.9. The highest BCUT2D eigenvalue weighted by molar-refractivity contribution is 5.28. The predicted molar refractivity (Wildman–Crippen MR) is 88.2 cm³/mol. The minimum absolute atomic E-state index is 0.263. The van der Waals surface area contributed by atoms with E-state index >= 15 is 0 Å². The van der Waals surface area contributed by atoms with Gasteiger partial charge in [-0.3, -0.25) is 0 Å². The van der Waals surface area contributed by atoms with E-state index in [9.17, 15) is 0 Å². The Bertz CT molecular complexity index is 410. The van der Waals surface area contributed by atoms with Crippen molar-refractivity contribution < 1.29 is 0 Å². The van der Waals surface area contributed by atoms with Crippen LogP contribution in [0.4, 0.5) is 0 Å². The van der Waals surface area contributed by atoms with E-state index in [0.717, 1.165) is 11.8 Å². The Kier molecular flexibility index (Phi) is 4.90. The molecule has 1 heteroatoms. The van der Waals surface area contributed by atoms with Crippen molar-refractivity contribution in [2.75, 3.05) is 6.54 Å². The van der Waals surface area contributed by atoms with E-state index in [1.807, 2.05) is 0 Å². The molecule has 2 atom stereocenters. The van der Waals surface area contributed by atoms with Gasteiger partial charge in [0.25, 0.3) is 0 Å². The Morgan fingerprint density at radius 1 is 1.05 bits per heavy atom. The normalized spacial score (nSPS) is 22.9. The molecule has 1 fully saturated rings. The zero-order valence-electron chi connectivity index (χ0n) is 13.9. The molecule has 1 aliphatic rings. The van der Waals surface area contributed by atoms with Crippen LogP contribution in [0.1, 0.15) is 58.6 Å². The third-order valence-electron chi connectivity index (χ3n) is 4.68. The van der Waals surface area contributed by atoms with Crippen molar-refractivity contribution in [1.29, 1.82) is 0 Å². The van der Waals surface area contributed by atoms with E-state index in [-0.39, 0.29) is 5.41 Å². The lowest BCUT2D eigenvalue weighted by Crippen LogP contribution is -2.38. The smallest absolute Gasteiger partial charge is 0.00104 e. The van der Waals surface area contributed by atoms with Crippen molar-refractivity contribution in [3.05, 3.63) is 35.4 Å². The maximum absolute atomic E-state index is 3.59. The maximum Gasteiger partial charge on any atom is 0.00104 e. The van der Waals surface area contributed by atoms with E-state index in [2.05, 4.69) is 64.2 Å². The molecule has 1 aromatic rings. The molecule has 112 valence electrons. The highest BCUT2D eigenvalue weighted by atomic mass is 14.9. The molecule has 0 heterocycles. The molecule has 1 saturated carbocycles. The summed E-state index contributed by atoms with van der Waals surface area (Å²) in [6.07, 6.45) is 4.07. The fourth-order valence-electron chi connectivity index (χ4n) is 3.01. The van der Waals surface area contributed by atoms with Gasteiger partial charge in [0, 0.05) is 6.04 Å². The van der Waals surface area contributed by atoms with Crippen molar-refractivity contribution in [1.82, 2.24) is 5.32 Å². The number of hydrogen-bond donors (Lipinski definition) is 1. The standard InChI is InChI=1S/C19H31N/c1-14(2)20-13-17-9-8-16(17)12-15-6-10-18(11-7-15)19(3,4)5/h6-7,10-11,14,16-17,20H,8-9,12-13H2,1-5H3. The first kappa shape index (κ1) is 15.6. The summed E-state index contributed by atoms with van der Waals surface area (Å²) in [5.74, 6) is 1.78. The monoisotopic (exact) mass is 273 g/mol. The van der Waals surface area contributed by atoms with Crippen molar-refractivity contribution in [2.45, 2.75) is 65.3 Å². The first-order valence-electron chi connectivity index (χ1n) is 8.19. The van der Waals surface area contributed by atoms with Crippen LogP contribution in [0.25, 0.3) is 0 Å². The van der Waals surface area contributed by atoms with Gasteiger partial charge in [-0.1, -0.05) is 58.9 Å². The summed E-state index contributed by atoms with van der Waals surface area (Å²) in [6.45, 7) is 12.5. The van der Waals surface area contributed by atoms with E-state index in [4.69, 9.17) is 0 Å². The first-order valence-corrected chi connectivity index (χ1v) is 8.19. The van der Waals surface area contributed by atoms with Crippen LogP contribution in [-0.2, 0) is 11.8 Å². The highest BCUT2D eigenvalue weighted by Gasteiger charge is 2.30. The van der Waals surface area contributed by atoms with Crippen molar-refractivity contribution in [3.63, 3.8) is 0 Å². The van der Waals surface area contributed by atoms with Crippen molar-refractivity contribution in [3.8, 4) is 0 Å². The molecule has 0 aliphatic heterocycles. The summed E-state index contributed by atoms with van der Waals surface area (Å²) in [5.41, 5.74) is 3.21. The molecule has 2 unspecified atom stereocenters. The molecule has 0 radical (unpaired) electrons. The van der Waals surface area contributed by atoms with Crippen LogP contribution in [0, 0.1) is 11.8 Å². The van der Waals surface area contributed by atoms with Gasteiger partial charge in [-0.2, -0.15) is 0 Å². The Labute approximate surface area is 125 Å². The lowest BCUT2D eigenvalue weighted by atomic mass is 9.70. The summed E-state index contributed by atoms with van der Waals surface area (Å²) in [7, 11) is 0. The molecule has 1 aliphatic carbocycles. The summed E-state index contributed by atoms with van der Waals surface area (Å²) in [6, 6.07) is 9.92. The van der Waals surface area contributed by atoms with Crippen LogP contribution < -0.4 is 5.32 Å². The largest absolute Gasteiger partial charge is 0.314 e. The van der Waals surface area contributed by atoms with Gasteiger partial charge in [0.2, 0.25) is 0 Å². The fraction of sp³-hybridized carbons (Fsp3) is 0.684. The number of hydrogen-bond acceptors (Lipinski definition) is 1. The molecule has 0 amide bonds. The Morgan fingerprint density at radius 3 is 2.10 bits per heavy atom. The number of benzene rings is 1. The fourth-order valence-corrected chi connectivity index (χ4v) is 3.01. The van der Waals surface area contributed by atoms with Crippen LogP contribution in [0.2, 0.25) is 0 Å². The lowest BCUT2D eigenvalue weighted by Gasteiger charge is -2.37. The van der Waals surface area contributed by atoms with Crippen LogP contribution in [0.5, 0.6) is 0 Å². The van der Waals surface area contributed by atoms with Crippen LogP contribution in [-0.4, -0.2) is 12.6 Å². The Hall–Kier alpha value is -0.820. The molecule has 0 bridgehead atoms. The highest BCUT2D eigenvalue weighted by Crippen LogP contribution is 2.36. The van der Waals surface area contributed by atoms with Crippen molar-refractivity contribution in [2.24, 2.45) is 11.8 Å². The van der Waals surface area contributed by atoms with Gasteiger partial charge in [0.1, 0.15) is 0 Å². The van der Waals surface area contributed by atoms with E-state index in [1.165, 1.54) is 36.9 Å². The minimum atomic E-state index is 0.263. The van der Waals surface area contributed by atoms with Crippen LogP contribution in [0.15, 0.2) is 24.3 Å². The van der Waals surface area contributed by atoms with Gasteiger partial charge >= 0.3 is 0 Å². The van der Waals surface area contributed by atoms with Crippen molar-refractivity contribution >= 4 is 0 Å². The second kappa shape index (κ2) is 6.30. The molecule has 0 aromatic heterocycles. The van der Waals surface area contributed by atoms with E-state index in [0.29, 0.717) is 6.04 Å². The average molecular weight is 273 g/mol. The molecule has 20 heavy (non-hydrogen) atoms. The number of rotatable bonds is 5. The van der Waals surface area contributed by atoms with E-state index in [1.54, 1.807) is 0 Å². The second-order valence-corrected chi connectivity index (χ2v) is 7.81. The topological polar surface area (TPSA) is 12.0 Å². The van der Waals surface area contributed by atoms with Gasteiger partial charge in [-0.25, -0.2) is 0 Å². The average Bonchev–Trinajstić information content (AvgIpc) is 2.34. The third kappa shape index (κ3) is 4.09. The molecular formula is C19H31N. The molecule has 1 aromatic carbocycles. The number of nitrogens with one attached hydrogen (secondary N) is 1. The van der Waals surface area contributed by atoms with Gasteiger partial charge in [-0.15, -0.1) is 0 Å². The first-order chi connectivity index (χ1) is 9.36. The van der Waals surface area contributed by atoms with E-state index < -0.39 is 0 Å². The lowest BCUT2D eigenvalue weighted by molar-refractivity contribution is 0.168. The van der Waals surface area contributed by atoms with Gasteiger partial charge in [-0.05, 0) is 54.2 Å². The minimum Gasteiger partial charge on any atom is -0.314 e. The van der Waals surface area contributed by atoms with Gasteiger partial charge < -0.3 is 5.32 Å². The SMILES string of the molecule is CC(C)NCC1CCC1Cc1ccc(C(C)(C)C)cc1. The molecule has 0 spiro atoms. The molecule has 1 nitrogen and oxygen atoms in total. The summed E-state index contributed by atoms with van der Waals surface area (Å²) < 4.78 is 0. The summed E-state index contributed by atoms with van der Waals surface area (Å²) in [4.78, 5) is 0. The van der Waals surface area contributed by atoms with Crippen LogP contribution >= 0.6 is 0 Å². The van der Waals surface area contributed by atoms with Gasteiger partial charge in [0.15, 0.2) is 0 Å².